The number of carbonyl (C=O) groups excluding carboxylic acids is 1. The summed E-state index contributed by atoms with van der Waals surface area (Å²) in [6.07, 6.45) is 1.85. The van der Waals surface area contributed by atoms with Crippen LogP contribution in [0.1, 0.15) is 10.4 Å². The molecule has 0 unspecified atom stereocenters. The zero-order chi connectivity index (χ0) is 6.85. The molecule has 0 amide bonds. The zero-order valence-corrected chi connectivity index (χ0v) is 7.17. The molecule has 1 radical (unpaired) electrons. The van der Waals surface area contributed by atoms with Crippen molar-refractivity contribution >= 4 is 33.6 Å². The van der Waals surface area contributed by atoms with Gasteiger partial charge in [0.05, 0.1) is 3.79 Å². The molecule has 47 valence electrons. The van der Waals surface area contributed by atoms with Crippen LogP contribution < -0.4 is 0 Å². The van der Waals surface area contributed by atoms with Gasteiger partial charge in [0.2, 0.25) is 6.29 Å². The van der Waals surface area contributed by atoms with Gasteiger partial charge in [0, 0.05) is 10.4 Å². The summed E-state index contributed by atoms with van der Waals surface area (Å²) >= 11 is 4.81. The average molecular weight is 204 g/mol. The van der Waals surface area contributed by atoms with Crippen LogP contribution in [0.25, 0.3) is 0 Å². The van der Waals surface area contributed by atoms with Crippen LogP contribution in [0, 0.1) is 6.92 Å². The number of hydrogen-bond acceptors (Lipinski definition) is 2. The fraction of sp³-hybridized carbons (Fsp3) is 0.167. The first-order valence-corrected chi connectivity index (χ1v) is 3.99. The smallest absolute Gasteiger partial charge is 0.234 e. The van der Waals surface area contributed by atoms with Crippen molar-refractivity contribution in [1.29, 1.82) is 0 Å². The van der Waals surface area contributed by atoms with Gasteiger partial charge < -0.3 is 0 Å². The van der Waals surface area contributed by atoms with Crippen LogP contribution in [0.4, 0.5) is 0 Å². The summed E-state index contributed by atoms with van der Waals surface area (Å²) < 4.78 is 0.985. The first kappa shape index (κ1) is 6.96. The van der Waals surface area contributed by atoms with Crippen molar-refractivity contribution in [3.8, 4) is 0 Å². The monoisotopic (exact) mass is 203 g/mol. The molecule has 0 aromatic carbocycles. The summed E-state index contributed by atoms with van der Waals surface area (Å²) in [5.41, 5.74) is 0.659. The maximum absolute atomic E-state index is 10.1. The van der Waals surface area contributed by atoms with E-state index < -0.39 is 0 Å². The molecule has 0 aliphatic rings. The second kappa shape index (κ2) is 2.62. The second-order valence-electron chi connectivity index (χ2n) is 1.62. The van der Waals surface area contributed by atoms with E-state index in [1.165, 1.54) is 0 Å². The molecule has 1 aromatic rings. The summed E-state index contributed by atoms with van der Waals surface area (Å²) in [4.78, 5) is 11.1. The molecule has 0 N–H and O–H groups in total. The Morgan fingerprint density at radius 1 is 1.78 bits per heavy atom. The normalized spacial score (nSPS) is 9.56. The summed E-state index contributed by atoms with van der Waals surface area (Å²) in [6, 6.07) is 1.77. The van der Waals surface area contributed by atoms with Crippen LogP contribution in [-0.2, 0) is 4.79 Å². The van der Waals surface area contributed by atoms with Crippen molar-refractivity contribution in [3.05, 3.63) is 20.3 Å². The maximum atomic E-state index is 10.1. The molecule has 1 rings (SSSR count). The van der Waals surface area contributed by atoms with E-state index in [9.17, 15) is 4.79 Å². The summed E-state index contributed by atoms with van der Waals surface area (Å²) in [6.45, 7) is 1.90. The Labute approximate surface area is 65.8 Å². The molecular formula is C6H4BrOS. The minimum absolute atomic E-state index is 0.659. The third-order valence-corrected chi connectivity index (χ3v) is 2.55. The van der Waals surface area contributed by atoms with Gasteiger partial charge in [-0.2, -0.15) is 0 Å². The van der Waals surface area contributed by atoms with Gasteiger partial charge in [-0.15, -0.1) is 11.3 Å². The summed E-state index contributed by atoms with van der Waals surface area (Å²) in [5.74, 6) is 0. The molecular weight excluding hydrogens is 200 g/mol. The van der Waals surface area contributed by atoms with Crippen LogP contribution in [0.3, 0.4) is 0 Å². The highest BCUT2D eigenvalue weighted by Crippen LogP contribution is 2.24. The molecule has 1 heterocycles. The molecule has 0 saturated carbocycles. The first-order chi connectivity index (χ1) is 4.24. The van der Waals surface area contributed by atoms with Gasteiger partial charge in [-0.1, -0.05) is 0 Å². The molecule has 0 atom stereocenters. The standard InChI is InChI=1S/C6H4BrOS/c1-4-5(3-8)2-6(7)9-4/h2H,1H3. The molecule has 0 aliphatic heterocycles. The largest absolute Gasteiger partial charge is 0.285 e. The predicted molar refractivity (Wildman–Crippen MR) is 41.6 cm³/mol. The van der Waals surface area contributed by atoms with Crippen LogP contribution in [-0.4, -0.2) is 6.29 Å². The fourth-order valence-corrected chi connectivity index (χ4v) is 2.18. The molecule has 0 saturated heterocycles. The highest BCUT2D eigenvalue weighted by molar-refractivity contribution is 9.11. The van der Waals surface area contributed by atoms with Gasteiger partial charge in [0.1, 0.15) is 0 Å². The molecule has 3 heteroatoms. The molecule has 0 bridgehead atoms. The molecule has 0 aliphatic carbocycles. The molecule has 0 spiro atoms. The SMILES string of the molecule is Cc1sc(Br)cc1[C]=O. The van der Waals surface area contributed by atoms with E-state index in [2.05, 4.69) is 15.9 Å². The lowest BCUT2D eigenvalue weighted by molar-refractivity contribution is 0.562. The van der Waals surface area contributed by atoms with E-state index >= 15 is 0 Å². The highest BCUT2D eigenvalue weighted by Gasteiger charge is 2.00. The molecule has 1 nitrogen and oxygen atoms in total. The number of aryl methyl sites for hydroxylation is 1. The Balaban J connectivity index is 3.15. The average Bonchev–Trinajstić information content (AvgIpc) is 2.10. The highest BCUT2D eigenvalue weighted by atomic mass is 79.9. The lowest BCUT2D eigenvalue weighted by Crippen LogP contribution is -1.74. The van der Waals surface area contributed by atoms with Crippen molar-refractivity contribution in [3.63, 3.8) is 0 Å². The van der Waals surface area contributed by atoms with E-state index in [4.69, 9.17) is 0 Å². The van der Waals surface area contributed by atoms with Crippen molar-refractivity contribution in [1.82, 2.24) is 0 Å². The topological polar surface area (TPSA) is 17.1 Å². The number of hydrogen-bond donors (Lipinski definition) is 0. The van der Waals surface area contributed by atoms with Crippen LogP contribution in [0.2, 0.25) is 0 Å². The van der Waals surface area contributed by atoms with E-state index in [1.54, 1.807) is 17.4 Å². The lowest BCUT2D eigenvalue weighted by atomic mass is 10.3. The Morgan fingerprint density at radius 3 is 2.67 bits per heavy atom. The minimum atomic E-state index is 0.659. The third-order valence-electron chi connectivity index (χ3n) is 0.998. The van der Waals surface area contributed by atoms with Crippen molar-refractivity contribution in [2.45, 2.75) is 6.92 Å². The lowest BCUT2D eigenvalue weighted by Gasteiger charge is -1.77. The molecule has 1 aromatic heterocycles. The van der Waals surface area contributed by atoms with Gasteiger partial charge >= 0.3 is 0 Å². The minimum Gasteiger partial charge on any atom is -0.285 e. The van der Waals surface area contributed by atoms with Crippen LogP contribution in [0.15, 0.2) is 9.85 Å². The van der Waals surface area contributed by atoms with Gasteiger partial charge in [0.15, 0.2) is 0 Å². The van der Waals surface area contributed by atoms with E-state index in [0.717, 1.165) is 8.66 Å². The predicted octanol–water partition coefficient (Wildman–Crippen LogP) is 2.28. The van der Waals surface area contributed by atoms with Gasteiger partial charge in [0.25, 0.3) is 0 Å². The van der Waals surface area contributed by atoms with Crippen LogP contribution >= 0.6 is 27.3 Å². The quantitative estimate of drug-likeness (QED) is 0.685. The summed E-state index contributed by atoms with van der Waals surface area (Å²) in [7, 11) is 0. The van der Waals surface area contributed by atoms with E-state index in [1.807, 2.05) is 13.2 Å². The number of rotatable bonds is 1. The Bertz CT molecular complexity index is 229. The Hall–Kier alpha value is -0.150. The van der Waals surface area contributed by atoms with E-state index in [-0.39, 0.29) is 0 Å². The maximum Gasteiger partial charge on any atom is 0.234 e. The van der Waals surface area contributed by atoms with Crippen molar-refractivity contribution in [2.75, 3.05) is 0 Å². The van der Waals surface area contributed by atoms with Gasteiger partial charge in [-0.3, -0.25) is 4.79 Å². The molecule has 0 fully saturated rings. The van der Waals surface area contributed by atoms with Crippen LogP contribution in [0.5, 0.6) is 0 Å². The fourth-order valence-electron chi connectivity index (χ4n) is 0.547. The van der Waals surface area contributed by atoms with Gasteiger partial charge in [-0.25, -0.2) is 0 Å². The van der Waals surface area contributed by atoms with Crippen molar-refractivity contribution in [2.24, 2.45) is 0 Å². The third kappa shape index (κ3) is 1.40. The van der Waals surface area contributed by atoms with Crippen molar-refractivity contribution < 1.29 is 4.79 Å². The molecule has 9 heavy (non-hydrogen) atoms. The second-order valence-corrected chi connectivity index (χ2v) is 4.26. The van der Waals surface area contributed by atoms with Gasteiger partial charge in [-0.05, 0) is 28.9 Å². The Kier molecular flexibility index (Phi) is 2.03. The summed E-state index contributed by atoms with van der Waals surface area (Å²) in [5, 5.41) is 0. The number of halogens is 1. The zero-order valence-electron chi connectivity index (χ0n) is 4.77. The number of thiophene rings is 1. The first-order valence-electron chi connectivity index (χ1n) is 2.38. The van der Waals surface area contributed by atoms with E-state index in [0.29, 0.717) is 5.56 Å². The Morgan fingerprint density at radius 2 is 2.44 bits per heavy atom.